The van der Waals surface area contributed by atoms with Gasteiger partial charge in [0.1, 0.15) is 5.69 Å². The van der Waals surface area contributed by atoms with Crippen molar-refractivity contribution < 1.29 is 9.53 Å². The summed E-state index contributed by atoms with van der Waals surface area (Å²) in [6.07, 6.45) is 3.01. The molecule has 6 nitrogen and oxygen atoms in total. The Hall–Kier alpha value is -2.76. The van der Waals surface area contributed by atoms with Gasteiger partial charge in [0.25, 0.3) is 0 Å². The maximum Gasteiger partial charge on any atom is 0.363 e. The highest BCUT2D eigenvalue weighted by molar-refractivity contribution is 6.12. The van der Waals surface area contributed by atoms with Crippen molar-refractivity contribution in [3.05, 3.63) is 53.5 Å². The molecule has 0 amide bonds. The van der Waals surface area contributed by atoms with E-state index in [9.17, 15) is 4.79 Å². The molecule has 88 valence electrons. The Balaban J connectivity index is 1.95. The monoisotopic (exact) mass is 240 g/mol. The second kappa shape index (κ2) is 4.25. The number of carbonyl (C=O) groups is 1. The number of benzene rings is 1. The van der Waals surface area contributed by atoms with E-state index in [2.05, 4.69) is 20.4 Å². The third kappa shape index (κ3) is 1.91. The number of aromatic amines is 1. The summed E-state index contributed by atoms with van der Waals surface area (Å²) in [7, 11) is 0. The maximum atomic E-state index is 11.6. The van der Waals surface area contributed by atoms with Crippen LogP contribution in [-0.2, 0) is 9.53 Å². The van der Waals surface area contributed by atoms with Crippen LogP contribution in [0.3, 0.4) is 0 Å². The number of hydrogen-bond acceptors (Lipinski definition) is 5. The first kappa shape index (κ1) is 10.4. The van der Waals surface area contributed by atoms with Crippen molar-refractivity contribution >= 4 is 17.9 Å². The highest BCUT2D eigenvalue weighted by atomic mass is 16.6. The van der Waals surface area contributed by atoms with Crippen LogP contribution in [0.25, 0.3) is 6.08 Å². The van der Waals surface area contributed by atoms with Crippen LogP contribution in [0.4, 0.5) is 0 Å². The molecule has 2 heterocycles. The molecule has 1 aliphatic rings. The first-order chi connectivity index (χ1) is 8.83. The zero-order valence-corrected chi connectivity index (χ0v) is 9.20. The van der Waals surface area contributed by atoms with E-state index in [1.165, 1.54) is 12.3 Å². The van der Waals surface area contributed by atoms with Gasteiger partial charge in [0.15, 0.2) is 5.70 Å². The molecule has 1 N–H and O–H groups in total. The van der Waals surface area contributed by atoms with Gasteiger partial charge >= 0.3 is 5.97 Å². The first-order valence-electron chi connectivity index (χ1n) is 5.27. The molecular formula is C12H8N4O2. The standard InChI is InChI=1S/C12H8N4O2/c17-12-10(6-9-7-13-16-15-9)14-11(18-12)8-4-2-1-3-5-8/h1-7H,(H,13,15,16)/b10-6+. The van der Waals surface area contributed by atoms with Crippen molar-refractivity contribution in [2.45, 2.75) is 0 Å². The molecule has 0 saturated carbocycles. The summed E-state index contributed by atoms with van der Waals surface area (Å²) < 4.78 is 5.09. The quantitative estimate of drug-likeness (QED) is 0.630. The van der Waals surface area contributed by atoms with Crippen molar-refractivity contribution in [3.63, 3.8) is 0 Å². The van der Waals surface area contributed by atoms with Crippen LogP contribution < -0.4 is 0 Å². The van der Waals surface area contributed by atoms with Gasteiger partial charge in [0.2, 0.25) is 5.90 Å². The molecule has 0 fully saturated rings. The van der Waals surface area contributed by atoms with Gasteiger partial charge in [-0.05, 0) is 12.1 Å². The fraction of sp³-hybridized carbons (Fsp3) is 0. The van der Waals surface area contributed by atoms with Crippen molar-refractivity contribution in [1.29, 1.82) is 0 Å². The van der Waals surface area contributed by atoms with Gasteiger partial charge in [-0.1, -0.05) is 18.2 Å². The second-order valence-corrected chi connectivity index (χ2v) is 3.60. The number of aromatic nitrogens is 3. The molecule has 0 spiro atoms. The smallest absolute Gasteiger partial charge is 0.363 e. The summed E-state index contributed by atoms with van der Waals surface area (Å²) in [6.45, 7) is 0. The number of hydrogen-bond donors (Lipinski definition) is 1. The van der Waals surface area contributed by atoms with Gasteiger partial charge in [-0.3, -0.25) is 0 Å². The summed E-state index contributed by atoms with van der Waals surface area (Å²) in [5.41, 5.74) is 1.50. The van der Waals surface area contributed by atoms with Gasteiger partial charge in [0, 0.05) is 11.6 Å². The van der Waals surface area contributed by atoms with Gasteiger partial charge in [-0.25, -0.2) is 9.79 Å². The molecule has 0 atom stereocenters. The number of nitrogens with zero attached hydrogens (tertiary/aromatic N) is 3. The highest BCUT2D eigenvalue weighted by Crippen LogP contribution is 2.17. The minimum absolute atomic E-state index is 0.211. The predicted molar refractivity (Wildman–Crippen MR) is 63.4 cm³/mol. The van der Waals surface area contributed by atoms with E-state index in [0.717, 1.165) is 5.56 Å². The Morgan fingerprint density at radius 1 is 1.22 bits per heavy atom. The Morgan fingerprint density at radius 3 is 2.78 bits per heavy atom. The van der Waals surface area contributed by atoms with Crippen LogP contribution in [-0.4, -0.2) is 27.3 Å². The van der Waals surface area contributed by atoms with E-state index in [-0.39, 0.29) is 5.70 Å². The average Bonchev–Trinajstić information content (AvgIpc) is 3.02. The second-order valence-electron chi connectivity index (χ2n) is 3.60. The van der Waals surface area contributed by atoms with Gasteiger partial charge in [-0.15, -0.1) is 0 Å². The molecule has 1 aromatic carbocycles. The fourth-order valence-corrected chi connectivity index (χ4v) is 1.53. The lowest BCUT2D eigenvalue weighted by molar-refractivity contribution is -0.129. The molecule has 0 saturated heterocycles. The van der Waals surface area contributed by atoms with E-state index in [0.29, 0.717) is 11.6 Å². The van der Waals surface area contributed by atoms with Crippen LogP contribution in [0.2, 0.25) is 0 Å². The van der Waals surface area contributed by atoms with Crippen LogP contribution in [0.1, 0.15) is 11.3 Å². The minimum atomic E-state index is -0.489. The summed E-state index contributed by atoms with van der Waals surface area (Å²) in [4.78, 5) is 15.8. The molecule has 2 aromatic rings. The zero-order valence-electron chi connectivity index (χ0n) is 9.20. The van der Waals surface area contributed by atoms with Gasteiger partial charge in [0.05, 0.1) is 6.20 Å². The number of cyclic esters (lactones) is 1. The molecule has 0 radical (unpaired) electrons. The van der Waals surface area contributed by atoms with Gasteiger partial charge < -0.3 is 4.74 Å². The number of H-pyrrole nitrogens is 1. The predicted octanol–water partition coefficient (Wildman–Crippen LogP) is 1.15. The molecular weight excluding hydrogens is 232 g/mol. The Bertz CT molecular complexity index is 629. The Morgan fingerprint density at radius 2 is 2.06 bits per heavy atom. The number of esters is 1. The normalized spacial score (nSPS) is 16.8. The minimum Gasteiger partial charge on any atom is -0.402 e. The van der Waals surface area contributed by atoms with Gasteiger partial charge in [-0.2, -0.15) is 15.4 Å². The molecule has 0 aliphatic carbocycles. The van der Waals surface area contributed by atoms with Crippen LogP contribution >= 0.6 is 0 Å². The van der Waals surface area contributed by atoms with Crippen molar-refractivity contribution in [2.75, 3.05) is 0 Å². The SMILES string of the molecule is O=C1OC(c2ccccc2)=N/C1=C/c1cn[nH]n1. The summed E-state index contributed by atoms with van der Waals surface area (Å²) in [6, 6.07) is 9.24. The number of nitrogens with one attached hydrogen (secondary N) is 1. The molecule has 1 aromatic heterocycles. The van der Waals surface area contributed by atoms with E-state index in [4.69, 9.17) is 4.74 Å². The van der Waals surface area contributed by atoms with Crippen molar-refractivity contribution in [2.24, 2.45) is 4.99 Å². The Kier molecular flexibility index (Phi) is 2.45. The molecule has 0 bridgehead atoms. The summed E-state index contributed by atoms with van der Waals surface area (Å²) >= 11 is 0. The first-order valence-corrected chi connectivity index (χ1v) is 5.27. The maximum absolute atomic E-state index is 11.6. The van der Waals surface area contributed by atoms with Crippen LogP contribution in [0.15, 0.2) is 47.2 Å². The van der Waals surface area contributed by atoms with Crippen LogP contribution in [0.5, 0.6) is 0 Å². The molecule has 1 aliphatic heterocycles. The lowest BCUT2D eigenvalue weighted by Gasteiger charge is -1.97. The molecule has 0 unspecified atom stereocenters. The number of carbonyl (C=O) groups excluding carboxylic acids is 1. The fourth-order valence-electron chi connectivity index (χ4n) is 1.53. The average molecular weight is 240 g/mol. The van der Waals surface area contributed by atoms with E-state index in [1.54, 1.807) is 0 Å². The van der Waals surface area contributed by atoms with E-state index in [1.807, 2.05) is 30.3 Å². The van der Waals surface area contributed by atoms with Crippen LogP contribution in [0, 0.1) is 0 Å². The lowest BCUT2D eigenvalue weighted by Crippen LogP contribution is -2.04. The third-order valence-corrected chi connectivity index (χ3v) is 2.36. The largest absolute Gasteiger partial charge is 0.402 e. The number of rotatable bonds is 2. The number of ether oxygens (including phenoxy) is 1. The van der Waals surface area contributed by atoms with Crippen molar-refractivity contribution in [3.8, 4) is 0 Å². The third-order valence-electron chi connectivity index (χ3n) is 2.36. The van der Waals surface area contributed by atoms with E-state index < -0.39 is 5.97 Å². The van der Waals surface area contributed by atoms with Crippen molar-refractivity contribution in [1.82, 2.24) is 15.4 Å². The zero-order chi connectivity index (χ0) is 12.4. The summed E-state index contributed by atoms with van der Waals surface area (Å²) in [5, 5.41) is 9.92. The van der Waals surface area contributed by atoms with E-state index >= 15 is 0 Å². The molecule has 6 heteroatoms. The number of aliphatic imine (C=N–C) groups is 1. The molecule has 3 rings (SSSR count). The highest BCUT2D eigenvalue weighted by Gasteiger charge is 2.24. The lowest BCUT2D eigenvalue weighted by atomic mass is 10.2. The summed E-state index contributed by atoms with van der Waals surface area (Å²) in [5.74, 6) is -0.188. The topological polar surface area (TPSA) is 80.2 Å². The molecule has 18 heavy (non-hydrogen) atoms. The Labute approximate surface area is 102 Å².